The number of ether oxygens (including phenoxy) is 3. The van der Waals surface area contributed by atoms with Crippen LogP contribution in [0.15, 0.2) is 48.7 Å². The van der Waals surface area contributed by atoms with Crippen molar-refractivity contribution in [2.45, 2.75) is 25.4 Å². The maximum absolute atomic E-state index is 13.1. The summed E-state index contributed by atoms with van der Waals surface area (Å²) in [5, 5.41) is 9.75. The highest BCUT2D eigenvalue weighted by atomic mass is 16.5. The highest BCUT2D eigenvalue weighted by Gasteiger charge is 2.23. The maximum atomic E-state index is 13.1. The molecule has 39 heavy (non-hydrogen) atoms. The smallest absolute Gasteiger partial charge is 0.257 e. The molecule has 0 spiro atoms. The van der Waals surface area contributed by atoms with E-state index in [2.05, 4.69) is 23.0 Å². The summed E-state index contributed by atoms with van der Waals surface area (Å²) in [6.07, 6.45) is 3.89. The summed E-state index contributed by atoms with van der Waals surface area (Å²) in [6.45, 7) is 4.49. The number of amides is 1. The second-order valence-electron chi connectivity index (χ2n) is 9.92. The molecular formula is C30H33N5O4. The predicted octanol–water partition coefficient (Wildman–Crippen LogP) is 3.56. The first-order valence-electron chi connectivity index (χ1n) is 13.3. The van der Waals surface area contributed by atoms with E-state index in [0.717, 1.165) is 42.8 Å². The minimum Gasteiger partial charge on any atom is -0.496 e. The molecule has 2 aliphatic rings. The van der Waals surface area contributed by atoms with E-state index in [9.17, 15) is 10.1 Å². The number of piperazine rings is 1. The minimum absolute atomic E-state index is 0.0118. The largest absolute Gasteiger partial charge is 0.496 e. The summed E-state index contributed by atoms with van der Waals surface area (Å²) in [5.41, 5.74) is 3.53. The number of carbonyl (C=O) groups is 1. The van der Waals surface area contributed by atoms with Crippen LogP contribution in [0, 0.1) is 11.3 Å². The van der Waals surface area contributed by atoms with Crippen LogP contribution in [0.3, 0.4) is 0 Å². The number of nitrogens with zero attached hydrogens (tertiary/aromatic N) is 5. The van der Waals surface area contributed by atoms with Gasteiger partial charge < -0.3 is 24.0 Å². The van der Waals surface area contributed by atoms with Gasteiger partial charge in [-0.25, -0.2) is 9.97 Å². The summed E-state index contributed by atoms with van der Waals surface area (Å²) in [6, 6.07) is 15.3. The monoisotopic (exact) mass is 527 g/mol. The quantitative estimate of drug-likeness (QED) is 0.460. The Morgan fingerprint density at radius 3 is 2.62 bits per heavy atom. The van der Waals surface area contributed by atoms with Gasteiger partial charge in [-0.05, 0) is 49.0 Å². The number of hydrogen-bond acceptors (Lipinski definition) is 8. The van der Waals surface area contributed by atoms with E-state index in [0.29, 0.717) is 61.2 Å². The van der Waals surface area contributed by atoms with Gasteiger partial charge in [-0.1, -0.05) is 6.07 Å². The molecular weight excluding hydrogens is 494 g/mol. The summed E-state index contributed by atoms with van der Waals surface area (Å²) >= 11 is 0. The van der Waals surface area contributed by atoms with Gasteiger partial charge in [0.25, 0.3) is 5.91 Å². The van der Waals surface area contributed by atoms with Crippen molar-refractivity contribution < 1.29 is 19.0 Å². The van der Waals surface area contributed by atoms with E-state index in [-0.39, 0.29) is 12.0 Å². The van der Waals surface area contributed by atoms with Gasteiger partial charge in [0.15, 0.2) is 0 Å². The second-order valence-corrected chi connectivity index (χ2v) is 9.92. The predicted molar refractivity (Wildman–Crippen MR) is 146 cm³/mol. The molecule has 2 fully saturated rings. The number of hydrogen-bond donors (Lipinski definition) is 0. The second kappa shape index (κ2) is 12.2. The van der Waals surface area contributed by atoms with Crippen molar-refractivity contribution in [1.82, 2.24) is 19.8 Å². The van der Waals surface area contributed by atoms with Gasteiger partial charge in [0, 0.05) is 57.2 Å². The first kappa shape index (κ1) is 26.6. The number of aromatic nitrogens is 2. The van der Waals surface area contributed by atoms with Crippen molar-refractivity contribution in [3.05, 3.63) is 71.2 Å². The van der Waals surface area contributed by atoms with Crippen LogP contribution in [0.25, 0.3) is 11.3 Å². The van der Waals surface area contributed by atoms with Crippen LogP contribution in [0.2, 0.25) is 0 Å². The summed E-state index contributed by atoms with van der Waals surface area (Å²) in [7, 11) is 3.65. The SMILES string of the molecule is COc1cc(Cc2nccc(-c3ccc(OC4CCOCC4)c(C#N)c3)n2)ccc1C(=O)N1CCN(C)CC1. The molecule has 0 unspecified atom stereocenters. The van der Waals surface area contributed by atoms with Gasteiger partial charge in [-0.15, -0.1) is 0 Å². The van der Waals surface area contributed by atoms with E-state index >= 15 is 0 Å². The number of benzene rings is 2. The zero-order valence-corrected chi connectivity index (χ0v) is 22.4. The lowest BCUT2D eigenvalue weighted by atomic mass is 10.0. The molecule has 3 heterocycles. The lowest BCUT2D eigenvalue weighted by Crippen LogP contribution is -2.47. The molecule has 0 bridgehead atoms. The van der Waals surface area contributed by atoms with E-state index < -0.39 is 0 Å². The number of likely N-dealkylation sites (N-methyl/N-ethyl adjacent to an activating group) is 1. The van der Waals surface area contributed by atoms with Crippen LogP contribution in [0.5, 0.6) is 11.5 Å². The van der Waals surface area contributed by atoms with Gasteiger partial charge in [-0.3, -0.25) is 4.79 Å². The normalized spacial score (nSPS) is 16.5. The fraction of sp³-hybridized carbons (Fsp3) is 0.400. The fourth-order valence-corrected chi connectivity index (χ4v) is 4.88. The Labute approximate surface area is 228 Å². The zero-order chi connectivity index (χ0) is 27.2. The fourth-order valence-electron chi connectivity index (χ4n) is 4.88. The summed E-state index contributed by atoms with van der Waals surface area (Å²) < 4.78 is 17.1. The van der Waals surface area contributed by atoms with Crippen LogP contribution in [0.1, 0.15) is 40.2 Å². The molecule has 2 aromatic carbocycles. The van der Waals surface area contributed by atoms with E-state index in [1.54, 1.807) is 13.3 Å². The van der Waals surface area contributed by atoms with E-state index in [1.165, 1.54) is 0 Å². The Kier molecular flexibility index (Phi) is 8.35. The molecule has 9 nitrogen and oxygen atoms in total. The Hall–Kier alpha value is -4.00. The van der Waals surface area contributed by atoms with Crippen molar-refractivity contribution in [2.24, 2.45) is 0 Å². The molecule has 0 aliphatic carbocycles. The van der Waals surface area contributed by atoms with Gasteiger partial charge in [-0.2, -0.15) is 5.26 Å². The average molecular weight is 528 g/mol. The molecule has 0 N–H and O–H groups in total. The lowest BCUT2D eigenvalue weighted by Gasteiger charge is -2.32. The first-order valence-corrected chi connectivity index (χ1v) is 13.3. The van der Waals surface area contributed by atoms with Crippen LogP contribution >= 0.6 is 0 Å². The van der Waals surface area contributed by atoms with E-state index in [4.69, 9.17) is 19.2 Å². The Balaban J connectivity index is 1.31. The molecule has 0 saturated carbocycles. The number of carbonyl (C=O) groups excluding carboxylic acids is 1. The third-order valence-corrected chi connectivity index (χ3v) is 7.21. The summed E-state index contributed by atoms with van der Waals surface area (Å²) in [4.78, 5) is 26.4. The van der Waals surface area contributed by atoms with Gasteiger partial charge in [0.05, 0.1) is 37.1 Å². The molecule has 3 aromatic rings. The third-order valence-electron chi connectivity index (χ3n) is 7.21. The first-order chi connectivity index (χ1) is 19.0. The van der Waals surface area contributed by atoms with Crippen molar-refractivity contribution in [3.8, 4) is 28.8 Å². The van der Waals surface area contributed by atoms with Crippen LogP contribution in [0.4, 0.5) is 0 Å². The number of nitriles is 1. The van der Waals surface area contributed by atoms with Crippen molar-refractivity contribution >= 4 is 5.91 Å². The Morgan fingerprint density at radius 1 is 1.08 bits per heavy atom. The van der Waals surface area contributed by atoms with Crippen molar-refractivity contribution in [1.29, 1.82) is 5.26 Å². The molecule has 202 valence electrons. The average Bonchev–Trinajstić information content (AvgIpc) is 2.98. The van der Waals surface area contributed by atoms with Crippen LogP contribution in [-0.4, -0.2) is 85.3 Å². The van der Waals surface area contributed by atoms with Gasteiger partial charge in [0.1, 0.15) is 29.5 Å². The standard InChI is InChI=1S/C30H33N5O4/c1-34-11-13-35(14-12-34)30(36)25-5-3-21(17-28(25)37-2)18-29-32-10-7-26(33-29)22-4-6-27(23(19-22)20-31)39-24-8-15-38-16-9-24/h3-7,10,17,19,24H,8-9,11-16,18H2,1-2H3. The molecule has 2 aliphatic heterocycles. The zero-order valence-electron chi connectivity index (χ0n) is 22.4. The molecule has 1 aromatic heterocycles. The van der Waals surface area contributed by atoms with Gasteiger partial charge in [0.2, 0.25) is 0 Å². The van der Waals surface area contributed by atoms with Gasteiger partial charge >= 0.3 is 0 Å². The molecule has 2 saturated heterocycles. The lowest BCUT2D eigenvalue weighted by molar-refractivity contribution is 0.0254. The number of rotatable bonds is 7. The number of methoxy groups -OCH3 is 1. The Morgan fingerprint density at radius 2 is 1.87 bits per heavy atom. The van der Waals surface area contributed by atoms with Crippen molar-refractivity contribution in [2.75, 3.05) is 53.6 Å². The molecule has 0 radical (unpaired) electrons. The van der Waals surface area contributed by atoms with Crippen LogP contribution in [-0.2, 0) is 11.2 Å². The molecule has 1 amide bonds. The highest BCUT2D eigenvalue weighted by Crippen LogP contribution is 2.28. The Bertz CT molecular complexity index is 1360. The highest BCUT2D eigenvalue weighted by molar-refractivity contribution is 5.97. The van der Waals surface area contributed by atoms with Crippen LogP contribution < -0.4 is 9.47 Å². The molecule has 0 atom stereocenters. The third kappa shape index (κ3) is 6.36. The molecule has 9 heteroatoms. The van der Waals surface area contributed by atoms with Crippen molar-refractivity contribution in [3.63, 3.8) is 0 Å². The maximum Gasteiger partial charge on any atom is 0.257 e. The topological polar surface area (TPSA) is 101 Å². The molecule has 5 rings (SSSR count). The van der Waals surface area contributed by atoms with E-state index in [1.807, 2.05) is 47.4 Å². The summed E-state index contributed by atoms with van der Waals surface area (Å²) in [5.74, 6) is 1.75. The minimum atomic E-state index is -0.0118.